The van der Waals surface area contributed by atoms with Crippen molar-refractivity contribution in [2.24, 2.45) is 5.92 Å². The molecule has 0 aromatic carbocycles. The molecule has 0 aromatic rings. The molecule has 2 aliphatic heterocycles. The number of thioether (sulfide) groups is 1. The van der Waals surface area contributed by atoms with Crippen LogP contribution in [0, 0.1) is 5.92 Å². The molecule has 2 aliphatic rings. The minimum Gasteiger partial charge on any atom is -0.450 e. The van der Waals surface area contributed by atoms with Gasteiger partial charge in [-0.25, -0.2) is 4.79 Å². The van der Waals surface area contributed by atoms with E-state index in [0.29, 0.717) is 30.7 Å². The molecule has 0 aliphatic carbocycles. The average Bonchev–Trinajstić information content (AvgIpc) is 3.04. The number of hydrogen-bond acceptors (Lipinski definition) is 6. The standard InChI is InChI=1S/C20H37N3O4S/c1-6-14(21-19(26)27-7-2)16(24)12-23-11-13-8-9-28-17(13)10-15(23)18(25)22-20(3,4)5/h13-17,24H,6-12H2,1-5H3,(H,21,26)(H,22,25)/t13?,14?,15-,16?,17?/m0/s1. The van der Waals surface area contributed by atoms with Gasteiger partial charge in [0.2, 0.25) is 5.91 Å². The summed E-state index contributed by atoms with van der Waals surface area (Å²) in [5, 5.41) is 17.2. The van der Waals surface area contributed by atoms with E-state index in [1.54, 1.807) is 6.92 Å². The SMILES string of the molecule is CCOC(=O)NC(CC)C(O)CN1CC2CCSC2C[C@H]1C(=O)NC(C)(C)C. The van der Waals surface area contributed by atoms with Crippen LogP contribution in [0.15, 0.2) is 0 Å². The summed E-state index contributed by atoms with van der Waals surface area (Å²) in [5.41, 5.74) is -0.293. The smallest absolute Gasteiger partial charge is 0.407 e. The summed E-state index contributed by atoms with van der Waals surface area (Å²) in [4.78, 5) is 26.8. The summed E-state index contributed by atoms with van der Waals surface area (Å²) < 4.78 is 4.94. The number of aliphatic hydroxyl groups is 1. The predicted octanol–water partition coefficient (Wildman–Crippen LogP) is 1.98. The number of rotatable bonds is 7. The molecule has 162 valence electrons. The lowest BCUT2D eigenvalue weighted by molar-refractivity contribution is -0.130. The van der Waals surface area contributed by atoms with Crippen LogP contribution >= 0.6 is 11.8 Å². The van der Waals surface area contributed by atoms with Gasteiger partial charge in [-0.05, 0) is 58.6 Å². The molecule has 2 heterocycles. The Labute approximate surface area is 173 Å². The van der Waals surface area contributed by atoms with Gasteiger partial charge in [-0.2, -0.15) is 11.8 Å². The Morgan fingerprint density at radius 2 is 2.04 bits per heavy atom. The van der Waals surface area contributed by atoms with Gasteiger partial charge in [-0.15, -0.1) is 0 Å². The van der Waals surface area contributed by atoms with Crippen molar-refractivity contribution >= 4 is 23.8 Å². The van der Waals surface area contributed by atoms with E-state index in [4.69, 9.17) is 4.74 Å². The highest BCUT2D eigenvalue weighted by Gasteiger charge is 2.43. The molecule has 8 heteroatoms. The summed E-state index contributed by atoms with van der Waals surface area (Å²) in [7, 11) is 0. The molecule has 2 saturated heterocycles. The second-order valence-corrected chi connectivity index (χ2v) is 10.2. The molecule has 2 amide bonds. The molecule has 2 fully saturated rings. The maximum absolute atomic E-state index is 13.0. The molecular formula is C20H37N3O4S. The highest BCUT2D eigenvalue weighted by molar-refractivity contribution is 8.00. The van der Waals surface area contributed by atoms with Crippen molar-refractivity contribution in [1.82, 2.24) is 15.5 Å². The molecule has 3 N–H and O–H groups in total. The Morgan fingerprint density at radius 1 is 1.32 bits per heavy atom. The van der Waals surface area contributed by atoms with E-state index in [-0.39, 0.29) is 17.5 Å². The molecular weight excluding hydrogens is 378 g/mol. The van der Waals surface area contributed by atoms with Crippen LogP contribution in [0.25, 0.3) is 0 Å². The summed E-state index contributed by atoms with van der Waals surface area (Å²) in [6, 6.07) is -0.651. The number of amides is 2. The van der Waals surface area contributed by atoms with Crippen molar-refractivity contribution in [2.75, 3.05) is 25.4 Å². The Kier molecular flexibility index (Phi) is 8.45. The summed E-state index contributed by atoms with van der Waals surface area (Å²) in [6.07, 6.45) is 1.29. The number of likely N-dealkylation sites (tertiary alicyclic amines) is 1. The second-order valence-electron chi connectivity index (χ2n) is 8.85. The fourth-order valence-corrected chi connectivity index (χ4v) is 5.60. The number of carbonyl (C=O) groups excluding carboxylic acids is 2. The Balaban J connectivity index is 2.06. The van der Waals surface area contributed by atoms with Gasteiger partial charge in [0.1, 0.15) is 0 Å². The minimum atomic E-state index is -0.759. The first-order valence-electron chi connectivity index (χ1n) is 10.4. The van der Waals surface area contributed by atoms with E-state index in [1.165, 1.54) is 0 Å². The zero-order valence-corrected chi connectivity index (χ0v) is 18.7. The molecule has 0 radical (unpaired) electrons. The Bertz CT molecular complexity index is 540. The van der Waals surface area contributed by atoms with Crippen molar-refractivity contribution in [3.8, 4) is 0 Å². The average molecular weight is 416 g/mol. The highest BCUT2D eigenvalue weighted by atomic mass is 32.2. The van der Waals surface area contributed by atoms with Crippen molar-refractivity contribution < 1.29 is 19.4 Å². The Hall–Kier alpha value is -0.990. The zero-order chi connectivity index (χ0) is 20.9. The number of hydrogen-bond donors (Lipinski definition) is 3. The quantitative estimate of drug-likeness (QED) is 0.589. The van der Waals surface area contributed by atoms with Crippen LogP contribution in [0.1, 0.15) is 53.9 Å². The lowest BCUT2D eigenvalue weighted by Gasteiger charge is -2.43. The van der Waals surface area contributed by atoms with Gasteiger partial charge in [0.25, 0.3) is 0 Å². The monoisotopic (exact) mass is 415 g/mol. The van der Waals surface area contributed by atoms with Gasteiger partial charge in [-0.1, -0.05) is 6.92 Å². The van der Waals surface area contributed by atoms with Crippen LogP contribution < -0.4 is 10.6 Å². The van der Waals surface area contributed by atoms with Crippen molar-refractivity contribution in [3.05, 3.63) is 0 Å². The van der Waals surface area contributed by atoms with Gasteiger partial charge >= 0.3 is 6.09 Å². The van der Waals surface area contributed by atoms with Gasteiger partial charge in [0.15, 0.2) is 0 Å². The second kappa shape index (κ2) is 10.2. The molecule has 28 heavy (non-hydrogen) atoms. The van der Waals surface area contributed by atoms with Crippen LogP contribution in [0.3, 0.4) is 0 Å². The van der Waals surface area contributed by atoms with Gasteiger partial charge in [-0.3, -0.25) is 9.69 Å². The zero-order valence-electron chi connectivity index (χ0n) is 17.9. The maximum atomic E-state index is 13.0. The van der Waals surface area contributed by atoms with Crippen molar-refractivity contribution in [1.29, 1.82) is 0 Å². The van der Waals surface area contributed by atoms with E-state index in [9.17, 15) is 14.7 Å². The third-order valence-corrected chi connectivity index (χ3v) is 6.89. The number of aliphatic hydroxyl groups excluding tert-OH is 1. The minimum absolute atomic E-state index is 0.0250. The fraction of sp³-hybridized carbons (Fsp3) is 0.900. The largest absolute Gasteiger partial charge is 0.450 e. The first-order valence-corrected chi connectivity index (χ1v) is 11.5. The molecule has 4 unspecified atom stereocenters. The van der Waals surface area contributed by atoms with Crippen LogP contribution in [0.2, 0.25) is 0 Å². The van der Waals surface area contributed by atoms with Crippen LogP contribution in [-0.4, -0.2) is 76.4 Å². The molecule has 0 spiro atoms. The first kappa shape index (κ1) is 23.3. The third-order valence-electron chi connectivity index (χ3n) is 5.42. The predicted molar refractivity (Wildman–Crippen MR) is 112 cm³/mol. The van der Waals surface area contributed by atoms with E-state index < -0.39 is 18.2 Å². The first-order chi connectivity index (χ1) is 13.1. The number of β-amino-alcohol motifs (C(OH)–C–C–N with tert-alkyl or cyclic N) is 1. The van der Waals surface area contributed by atoms with E-state index in [0.717, 1.165) is 25.1 Å². The Morgan fingerprint density at radius 3 is 2.64 bits per heavy atom. The molecule has 0 saturated carbocycles. The van der Waals surface area contributed by atoms with Crippen molar-refractivity contribution in [3.63, 3.8) is 0 Å². The highest BCUT2D eigenvalue weighted by Crippen LogP contribution is 2.40. The third kappa shape index (κ3) is 6.52. The maximum Gasteiger partial charge on any atom is 0.407 e. The number of ether oxygens (including phenoxy) is 1. The molecule has 5 atom stereocenters. The van der Waals surface area contributed by atoms with E-state index in [1.807, 2.05) is 39.5 Å². The normalized spacial score (nSPS) is 27.6. The molecule has 0 aromatic heterocycles. The molecule has 2 rings (SSSR count). The van der Waals surface area contributed by atoms with E-state index >= 15 is 0 Å². The number of nitrogens with zero attached hydrogens (tertiary/aromatic N) is 1. The number of carbonyl (C=O) groups is 2. The van der Waals surface area contributed by atoms with Crippen molar-refractivity contribution in [2.45, 2.75) is 82.9 Å². The number of alkyl carbamates (subject to hydrolysis) is 1. The molecule has 7 nitrogen and oxygen atoms in total. The lowest BCUT2D eigenvalue weighted by Crippen LogP contribution is -2.60. The number of fused-ring (bicyclic) bond motifs is 1. The topological polar surface area (TPSA) is 90.9 Å². The lowest BCUT2D eigenvalue weighted by atomic mass is 9.89. The fourth-order valence-electron chi connectivity index (χ4n) is 4.05. The summed E-state index contributed by atoms with van der Waals surface area (Å²) in [6.45, 7) is 11.1. The van der Waals surface area contributed by atoms with E-state index in [2.05, 4.69) is 15.5 Å². The van der Waals surface area contributed by atoms with Gasteiger partial charge in [0, 0.05) is 23.9 Å². The summed E-state index contributed by atoms with van der Waals surface area (Å²) >= 11 is 1.97. The van der Waals surface area contributed by atoms with Gasteiger partial charge < -0.3 is 20.5 Å². The number of nitrogens with one attached hydrogen (secondary N) is 2. The number of piperidine rings is 1. The summed E-state index contributed by atoms with van der Waals surface area (Å²) in [5.74, 6) is 1.73. The van der Waals surface area contributed by atoms with Gasteiger partial charge in [0.05, 0.1) is 24.8 Å². The van der Waals surface area contributed by atoms with Crippen LogP contribution in [-0.2, 0) is 9.53 Å². The molecule has 0 bridgehead atoms. The van der Waals surface area contributed by atoms with Crippen LogP contribution in [0.4, 0.5) is 4.79 Å². The van der Waals surface area contributed by atoms with Crippen LogP contribution in [0.5, 0.6) is 0 Å².